The maximum atomic E-state index is 4.99. The summed E-state index contributed by atoms with van der Waals surface area (Å²) in [6.07, 6.45) is 1.79. The van der Waals surface area contributed by atoms with E-state index < -0.39 is 0 Å². The Morgan fingerprint density at radius 1 is 0.392 bits per heavy atom. The van der Waals surface area contributed by atoms with Crippen molar-refractivity contribution in [3.05, 3.63) is 194 Å². The van der Waals surface area contributed by atoms with Gasteiger partial charge in [0.15, 0.2) is 11.5 Å². The molecular formula is C45H32N6. The molecule has 2 aromatic heterocycles. The topological polar surface area (TPSA) is 49.6 Å². The van der Waals surface area contributed by atoms with Gasteiger partial charge in [0, 0.05) is 39.7 Å². The van der Waals surface area contributed by atoms with Crippen LogP contribution in [0.5, 0.6) is 0 Å². The Kier molecular flexibility index (Phi) is 7.72. The standard InChI is InChI=1S/C45H32N6/c1-5-13-36(14-6-1)49(37-15-7-2-8-16-37)40-26-21-33(22-27-40)35-25-30-42-43(31-35)51-44(32-46-42)47-45(48-51)34-23-28-41(29-24-34)50(38-17-9-3-10-18-38)39-19-11-4-12-20-39/h1-32H. The first-order chi connectivity index (χ1) is 25.3. The normalized spacial score (nSPS) is 11.1. The van der Waals surface area contributed by atoms with Gasteiger partial charge in [0.2, 0.25) is 0 Å². The maximum absolute atomic E-state index is 4.99. The number of anilines is 6. The SMILES string of the molecule is c1ccc(N(c2ccccc2)c2ccc(-c3ccc4ncc5nc(-c6ccc(N(c7ccccc7)c7ccccc7)cc6)nn5c4c3)cc2)cc1. The molecule has 6 nitrogen and oxygen atoms in total. The van der Waals surface area contributed by atoms with E-state index in [0.29, 0.717) is 11.5 Å². The van der Waals surface area contributed by atoms with Gasteiger partial charge in [-0.15, -0.1) is 5.10 Å². The molecular weight excluding hydrogens is 625 g/mol. The van der Waals surface area contributed by atoms with Crippen molar-refractivity contribution in [2.45, 2.75) is 0 Å². The molecule has 0 bridgehead atoms. The fourth-order valence-electron chi connectivity index (χ4n) is 6.58. The number of rotatable bonds is 8. The molecule has 0 N–H and O–H groups in total. The highest BCUT2D eigenvalue weighted by Crippen LogP contribution is 2.37. The third kappa shape index (κ3) is 5.85. The van der Waals surface area contributed by atoms with Crippen LogP contribution in [-0.4, -0.2) is 19.6 Å². The number of hydrogen-bond donors (Lipinski definition) is 0. The summed E-state index contributed by atoms with van der Waals surface area (Å²) in [6, 6.07) is 65.1. The lowest BCUT2D eigenvalue weighted by Crippen LogP contribution is -2.09. The Hall–Kier alpha value is -7.05. The molecule has 0 unspecified atom stereocenters. The van der Waals surface area contributed by atoms with Gasteiger partial charge in [0.25, 0.3) is 0 Å². The minimum absolute atomic E-state index is 0.651. The molecule has 0 amide bonds. The van der Waals surface area contributed by atoms with E-state index in [4.69, 9.17) is 15.1 Å². The third-order valence-corrected chi connectivity index (χ3v) is 9.05. The van der Waals surface area contributed by atoms with Gasteiger partial charge in [-0.3, -0.25) is 4.98 Å². The Balaban J connectivity index is 1.04. The van der Waals surface area contributed by atoms with Gasteiger partial charge in [-0.25, -0.2) is 9.50 Å². The molecule has 242 valence electrons. The average molecular weight is 657 g/mol. The summed E-state index contributed by atoms with van der Waals surface area (Å²) in [6.45, 7) is 0. The van der Waals surface area contributed by atoms with Crippen LogP contribution in [0.15, 0.2) is 194 Å². The van der Waals surface area contributed by atoms with Gasteiger partial charge >= 0.3 is 0 Å². The van der Waals surface area contributed by atoms with Gasteiger partial charge < -0.3 is 9.80 Å². The van der Waals surface area contributed by atoms with Gasteiger partial charge in [-0.05, 0) is 108 Å². The fraction of sp³-hybridized carbons (Fsp3) is 0. The number of fused-ring (bicyclic) bond motifs is 3. The lowest BCUT2D eigenvalue weighted by atomic mass is 10.0. The highest BCUT2D eigenvalue weighted by atomic mass is 15.3. The van der Waals surface area contributed by atoms with E-state index in [1.807, 2.05) is 28.8 Å². The minimum Gasteiger partial charge on any atom is -0.311 e. The molecule has 7 aromatic carbocycles. The van der Waals surface area contributed by atoms with E-state index in [9.17, 15) is 0 Å². The quantitative estimate of drug-likeness (QED) is 0.163. The predicted molar refractivity (Wildman–Crippen MR) is 209 cm³/mol. The van der Waals surface area contributed by atoms with Crippen LogP contribution in [0.3, 0.4) is 0 Å². The van der Waals surface area contributed by atoms with Crippen LogP contribution in [0.25, 0.3) is 39.2 Å². The second-order valence-corrected chi connectivity index (χ2v) is 12.3. The molecule has 0 aliphatic heterocycles. The van der Waals surface area contributed by atoms with E-state index in [-0.39, 0.29) is 0 Å². The summed E-state index contributed by atoms with van der Waals surface area (Å²) in [4.78, 5) is 14.1. The van der Waals surface area contributed by atoms with Crippen LogP contribution < -0.4 is 9.80 Å². The Morgan fingerprint density at radius 2 is 0.804 bits per heavy atom. The summed E-state index contributed by atoms with van der Waals surface area (Å²) >= 11 is 0. The lowest BCUT2D eigenvalue weighted by molar-refractivity contribution is 1.000. The number of para-hydroxylation sites is 4. The van der Waals surface area contributed by atoms with Crippen molar-refractivity contribution in [2.75, 3.05) is 9.80 Å². The van der Waals surface area contributed by atoms with Crippen LogP contribution >= 0.6 is 0 Å². The average Bonchev–Trinajstić information content (AvgIpc) is 3.66. The van der Waals surface area contributed by atoms with Crippen LogP contribution in [0, 0.1) is 0 Å². The highest BCUT2D eigenvalue weighted by molar-refractivity contribution is 5.85. The summed E-state index contributed by atoms with van der Waals surface area (Å²) in [7, 11) is 0. The molecule has 0 radical (unpaired) electrons. The summed E-state index contributed by atoms with van der Waals surface area (Å²) in [5.74, 6) is 0.651. The number of benzene rings is 7. The first kappa shape index (κ1) is 30.0. The summed E-state index contributed by atoms with van der Waals surface area (Å²) in [5, 5.41) is 4.99. The molecule has 9 rings (SSSR count). The molecule has 51 heavy (non-hydrogen) atoms. The number of aromatic nitrogens is 4. The zero-order valence-electron chi connectivity index (χ0n) is 27.7. The molecule has 0 aliphatic carbocycles. The molecule has 0 aliphatic rings. The highest BCUT2D eigenvalue weighted by Gasteiger charge is 2.16. The molecule has 0 atom stereocenters. The van der Waals surface area contributed by atoms with Crippen molar-refractivity contribution in [1.82, 2.24) is 19.6 Å². The molecule has 0 saturated carbocycles. The molecule has 0 saturated heterocycles. The van der Waals surface area contributed by atoms with Crippen molar-refractivity contribution in [2.24, 2.45) is 0 Å². The first-order valence-electron chi connectivity index (χ1n) is 17.0. The lowest BCUT2D eigenvalue weighted by Gasteiger charge is -2.25. The van der Waals surface area contributed by atoms with E-state index in [2.05, 4.69) is 174 Å². The van der Waals surface area contributed by atoms with Crippen LogP contribution in [0.1, 0.15) is 0 Å². The van der Waals surface area contributed by atoms with Crippen molar-refractivity contribution in [3.8, 4) is 22.5 Å². The summed E-state index contributed by atoms with van der Waals surface area (Å²) < 4.78 is 1.90. The predicted octanol–water partition coefficient (Wildman–Crippen LogP) is 11.6. The number of hydrogen-bond acceptors (Lipinski definition) is 5. The largest absolute Gasteiger partial charge is 0.311 e. The van der Waals surface area contributed by atoms with Crippen molar-refractivity contribution >= 4 is 50.8 Å². The van der Waals surface area contributed by atoms with Crippen molar-refractivity contribution in [1.29, 1.82) is 0 Å². The second-order valence-electron chi connectivity index (χ2n) is 12.3. The Bertz CT molecular complexity index is 2470. The summed E-state index contributed by atoms with van der Waals surface area (Å²) in [5.41, 5.74) is 12.1. The third-order valence-electron chi connectivity index (χ3n) is 9.05. The van der Waals surface area contributed by atoms with Gasteiger partial charge in [-0.1, -0.05) is 91.0 Å². The molecule has 6 heteroatoms. The Labute approximate surface area is 296 Å². The minimum atomic E-state index is 0.651. The van der Waals surface area contributed by atoms with E-state index >= 15 is 0 Å². The Morgan fingerprint density at radius 3 is 1.27 bits per heavy atom. The van der Waals surface area contributed by atoms with E-state index in [0.717, 1.165) is 61.8 Å². The van der Waals surface area contributed by atoms with Crippen molar-refractivity contribution < 1.29 is 0 Å². The van der Waals surface area contributed by atoms with Crippen LogP contribution in [0.2, 0.25) is 0 Å². The van der Waals surface area contributed by atoms with Crippen molar-refractivity contribution in [3.63, 3.8) is 0 Å². The second kappa shape index (κ2) is 13.1. The first-order valence-corrected chi connectivity index (χ1v) is 17.0. The van der Waals surface area contributed by atoms with E-state index in [1.54, 1.807) is 6.20 Å². The van der Waals surface area contributed by atoms with Gasteiger partial charge in [0.05, 0.1) is 17.2 Å². The van der Waals surface area contributed by atoms with Gasteiger partial charge in [-0.2, -0.15) is 0 Å². The smallest absolute Gasteiger partial charge is 0.182 e. The fourth-order valence-corrected chi connectivity index (χ4v) is 6.58. The zero-order valence-corrected chi connectivity index (χ0v) is 27.7. The molecule has 0 spiro atoms. The molecule has 9 aromatic rings. The van der Waals surface area contributed by atoms with E-state index in [1.165, 1.54) is 0 Å². The van der Waals surface area contributed by atoms with Gasteiger partial charge in [0.1, 0.15) is 0 Å². The monoisotopic (exact) mass is 656 g/mol. The van der Waals surface area contributed by atoms with Crippen LogP contribution in [0.4, 0.5) is 34.1 Å². The molecule has 2 heterocycles. The molecule has 0 fully saturated rings. The zero-order chi connectivity index (χ0) is 34.0. The number of nitrogens with zero attached hydrogens (tertiary/aromatic N) is 6. The maximum Gasteiger partial charge on any atom is 0.182 e. The van der Waals surface area contributed by atoms with Crippen LogP contribution in [-0.2, 0) is 0 Å².